The number of carbonyl (C=O) groups excluding carboxylic acids is 4. The Balaban J connectivity index is 2.32. The van der Waals surface area contributed by atoms with Crippen LogP contribution in [0.2, 0.25) is 0 Å². The van der Waals surface area contributed by atoms with E-state index in [0.717, 1.165) is 11.3 Å². The number of imide groups is 2. The molecule has 2 atom stereocenters. The van der Waals surface area contributed by atoms with Crippen molar-refractivity contribution in [1.82, 2.24) is 10.2 Å². The van der Waals surface area contributed by atoms with Crippen molar-refractivity contribution in [3.63, 3.8) is 0 Å². The molecule has 1 saturated heterocycles. The Labute approximate surface area is 163 Å². The Morgan fingerprint density at radius 3 is 2.46 bits per heavy atom. The quantitative estimate of drug-likeness (QED) is 0.482. The second-order valence-corrected chi connectivity index (χ2v) is 6.43. The molecule has 1 aromatic carbocycles. The molecular formula is C19H25N3O6. The normalized spacial score (nSPS) is 20.6. The van der Waals surface area contributed by atoms with E-state index in [9.17, 15) is 19.2 Å². The first-order chi connectivity index (χ1) is 13.4. The number of barbiturate groups is 1. The lowest BCUT2D eigenvalue weighted by Crippen LogP contribution is -2.67. The van der Waals surface area contributed by atoms with Crippen LogP contribution in [0.1, 0.15) is 32.3 Å². The molecule has 152 valence electrons. The predicted octanol–water partition coefficient (Wildman–Crippen LogP) is 1.30. The molecule has 1 fully saturated rings. The van der Waals surface area contributed by atoms with Gasteiger partial charge in [0.25, 0.3) is 5.91 Å². The Kier molecular flexibility index (Phi) is 7.11. The van der Waals surface area contributed by atoms with Gasteiger partial charge >= 0.3 is 12.1 Å². The molecular weight excluding hydrogens is 366 g/mol. The summed E-state index contributed by atoms with van der Waals surface area (Å²) in [4.78, 5) is 50.4. The highest BCUT2D eigenvalue weighted by atomic mass is 16.6. The zero-order valence-corrected chi connectivity index (χ0v) is 16.0. The highest BCUT2D eigenvalue weighted by molar-refractivity contribution is 6.22. The Bertz CT molecular complexity index is 738. The van der Waals surface area contributed by atoms with E-state index in [-0.39, 0.29) is 19.6 Å². The maximum absolute atomic E-state index is 13.3. The Morgan fingerprint density at radius 2 is 1.89 bits per heavy atom. The van der Waals surface area contributed by atoms with Gasteiger partial charge < -0.3 is 15.2 Å². The van der Waals surface area contributed by atoms with Crippen LogP contribution in [0.4, 0.5) is 9.59 Å². The number of carbonyl (C=O) groups is 4. The van der Waals surface area contributed by atoms with Gasteiger partial charge in [-0.05, 0) is 18.4 Å². The van der Waals surface area contributed by atoms with E-state index >= 15 is 0 Å². The van der Waals surface area contributed by atoms with E-state index in [1.807, 2.05) is 6.92 Å². The minimum absolute atomic E-state index is 0.0355. The fraction of sp³-hybridized carbons (Fsp3) is 0.474. The topological polar surface area (TPSA) is 128 Å². The van der Waals surface area contributed by atoms with Crippen molar-refractivity contribution >= 4 is 23.9 Å². The van der Waals surface area contributed by atoms with Crippen LogP contribution in [-0.2, 0) is 24.5 Å². The maximum Gasteiger partial charge on any atom is 0.404 e. The smallest absolute Gasteiger partial charge is 0.404 e. The Hall–Kier alpha value is -2.94. The first-order valence-corrected chi connectivity index (χ1v) is 9.13. The average Bonchev–Trinajstić information content (AvgIpc) is 2.66. The fourth-order valence-corrected chi connectivity index (χ4v) is 3.20. The zero-order valence-electron chi connectivity index (χ0n) is 16.0. The average molecular weight is 391 g/mol. The molecule has 0 radical (unpaired) electrons. The molecule has 1 aliphatic heterocycles. The van der Waals surface area contributed by atoms with Crippen LogP contribution in [0.15, 0.2) is 30.3 Å². The highest BCUT2D eigenvalue weighted by Crippen LogP contribution is 2.33. The largest absolute Gasteiger partial charge is 0.442 e. The van der Waals surface area contributed by atoms with Crippen molar-refractivity contribution in [2.75, 3.05) is 19.8 Å². The molecule has 2 unspecified atom stereocenters. The molecule has 9 heteroatoms. The molecule has 0 saturated carbocycles. The van der Waals surface area contributed by atoms with Crippen LogP contribution < -0.4 is 11.1 Å². The molecule has 1 heterocycles. The molecule has 1 aromatic rings. The van der Waals surface area contributed by atoms with E-state index < -0.39 is 35.5 Å². The summed E-state index contributed by atoms with van der Waals surface area (Å²) in [7, 11) is 0. The Morgan fingerprint density at radius 1 is 1.21 bits per heavy atom. The van der Waals surface area contributed by atoms with Gasteiger partial charge in [-0.15, -0.1) is 0 Å². The number of benzene rings is 1. The third kappa shape index (κ3) is 4.30. The van der Waals surface area contributed by atoms with Crippen LogP contribution in [0.5, 0.6) is 0 Å². The standard InChI is InChI=1S/C19H25N3O6/c1-3-10-27-12-14(28-17(20)25)11-22-16(24)19(4-2,15(23)21-18(22)26)13-8-6-5-7-9-13/h5-9,14H,3-4,10-12H2,1-2H3,(H2,20,25)(H,21,23,26). The molecule has 9 nitrogen and oxygen atoms in total. The lowest BCUT2D eigenvalue weighted by Gasteiger charge is -2.39. The van der Waals surface area contributed by atoms with Crippen molar-refractivity contribution in [2.24, 2.45) is 5.73 Å². The summed E-state index contributed by atoms with van der Waals surface area (Å²) in [6.45, 7) is 3.71. The van der Waals surface area contributed by atoms with Crippen LogP contribution >= 0.6 is 0 Å². The molecule has 0 spiro atoms. The van der Waals surface area contributed by atoms with Gasteiger partial charge in [0.2, 0.25) is 5.91 Å². The number of nitrogens with one attached hydrogen (secondary N) is 1. The van der Waals surface area contributed by atoms with E-state index in [1.165, 1.54) is 0 Å². The van der Waals surface area contributed by atoms with Crippen molar-refractivity contribution in [2.45, 2.75) is 38.2 Å². The number of urea groups is 1. The molecule has 28 heavy (non-hydrogen) atoms. The summed E-state index contributed by atoms with van der Waals surface area (Å²) < 4.78 is 10.4. The number of nitrogens with zero attached hydrogens (tertiary/aromatic N) is 1. The third-order valence-corrected chi connectivity index (χ3v) is 4.58. The second-order valence-electron chi connectivity index (χ2n) is 6.43. The molecule has 0 aromatic heterocycles. The zero-order chi connectivity index (χ0) is 20.7. The lowest BCUT2D eigenvalue weighted by atomic mass is 9.74. The van der Waals surface area contributed by atoms with E-state index in [1.54, 1.807) is 37.3 Å². The first kappa shape index (κ1) is 21.4. The summed E-state index contributed by atoms with van der Waals surface area (Å²) in [5.41, 5.74) is 4.02. The van der Waals surface area contributed by atoms with Crippen LogP contribution in [0, 0.1) is 0 Å². The number of hydrogen-bond acceptors (Lipinski definition) is 6. The molecule has 0 aliphatic carbocycles. The molecule has 5 amide bonds. The number of amides is 5. The third-order valence-electron chi connectivity index (χ3n) is 4.58. The number of rotatable bonds is 9. The SMILES string of the molecule is CCCOCC(CN1C(=O)NC(=O)C(CC)(c2ccccc2)C1=O)OC(N)=O. The van der Waals surface area contributed by atoms with Crippen LogP contribution in [-0.4, -0.2) is 54.7 Å². The summed E-state index contributed by atoms with van der Waals surface area (Å²) in [5.74, 6) is -1.36. The summed E-state index contributed by atoms with van der Waals surface area (Å²) >= 11 is 0. The highest BCUT2D eigenvalue weighted by Gasteiger charge is 2.54. The minimum atomic E-state index is -1.54. The molecule has 1 aliphatic rings. The van der Waals surface area contributed by atoms with E-state index in [2.05, 4.69) is 5.32 Å². The van der Waals surface area contributed by atoms with Crippen LogP contribution in [0.3, 0.4) is 0 Å². The van der Waals surface area contributed by atoms with Crippen molar-refractivity contribution in [3.05, 3.63) is 35.9 Å². The van der Waals surface area contributed by atoms with Crippen molar-refractivity contribution in [1.29, 1.82) is 0 Å². The van der Waals surface area contributed by atoms with Gasteiger partial charge in [-0.25, -0.2) is 9.59 Å². The molecule has 0 bridgehead atoms. The number of primary amides is 1. The van der Waals surface area contributed by atoms with Crippen molar-refractivity contribution < 1.29 is 28.7 Å². The van der Waals surface area contributed by atoms with Crippen molar-refractivity contribution in [3.8, 4) is 0 Å². The van der Waals surface area contributed by atoms with Gasteiger partial charge in [0, 0.05) is 6.61 Å². The summed E-state index contributed by atoms with van der Waals surface area (Å²) in [6, 6.07) is 7.65. The molecule has 3 N–H and O–H groups in total. The second kappa shape index (κ2) is 9.32. The van der Waals surface area contributed by atoms with E-state index in [4.69, 9.17) is 15.2 Å². The number of nitrogens with two attached hydrogens (primary N) is 1. The van der Waals surface area contributed by atoms with Gasteiger partial charge in [0.15, 0.2) is 5.41 Å². The minimum Gasteiger partial charge on any atom is -0.442 e. The number of ether oxygens (including phenoxy) is 2. The van der Waals surface area contributed by atoms with Gasteiger partial charge in [0.1, 0.15) is 6.10 Å². The lowest BCUT2D eigenvalue weighted by molar-refractivity contribution is -0.146. The van der Waals surface area contributed by atoms with Gasteiger partial charge in [-0.2, -0.15) is 0 Å². The van der Waals surface area contributed by atoms with Gasteiger partial charge in [0.05, 0.1) is 13.2 Å². The van der Waals surface area contributed by atoms with Gasteiger partial charge in [-0.1, -0.05) is 44.2 Å². The van der Waals surface area contributed by atoms with Gasteiger partial charge in [-0.3, -0.25) is 19.8 Å². The maximum atomic E-state index is 13.3. The predicted molar refractivity (Wildman–Crippen MR) is 99.2 cm³/mol. The van der Waals surface area contributed by atoms with Crippen LogP contribution in [0.25, 0.3) is 0 Å². The summed E-state index contributed by atoms with van der Waals surface area (Å²) in [5, 5.41) is 2.24. The van der Waals surface area contributed by atoms with E-state index in [0.29, 0.717) is 12.2 Å². The molecule has 2 rings (SSSR count). The fourth-order valence-electron chi connectivity index (χ4n) is 3.20. The first-order valence-electron chi connectivity index (χ1n) is 9.13. The number of hydrogen-bond donors (Lipinski definition) is 2. The monoisotopic (exact) mass is 391 g/mol. The summed E-state index contributed by atoms with van der Waals surface area (Å²) in [6.07, 6.45) is -1.10.